The van der Waals surface area contributed by atoms with Crippen molar-refractivity contribution < 1.29 is 0 Å². The molecule has 22 heavy (non-hydrogen) atoms. The van der Waals surface area contributed by atoms with Crippen LogP contribution in [0, 0.1) is 0 Å². The number of nitrogens with zero attached hydrogens (tertiary/aromatic N) is 5. The molecule has 3 aromatic rings. The fraction of sp³-hybridized carbons (Fsp3) is 0.357. The summed E-state index contributed by atoms with van der Waals surface area (Å²) in [6.07, 6.45) is 2.88. The molecule has 3 heterocycles. The Labute approximate surface area is 142 Å². The van der Waals surface area contributed by atoms with Gasteiger partial charge in [0, 0.05) is 18.1 Å². The maximum atomic E-state index is 4.40. The lowest BCUT2D eigenvalue weighted by Gasteiger charge is -2.12. The van der Waals surface area contributed by atoms with E-state index in [0.29, 0.717) is 0 Å². The van der Waals surface area contributed by atoms with Gasteiger partial charge in [0.25, 0.3) is 0 Å². The first kappa shape index (κ1) is 15.7. The van der Waals surface area contributed by atoms with Crippen LogP contribution in [0.5, 0.6) is 0 Å². The standard InChI is InChI=1S/C14H17N5S3/c1-18(2)7-4-8-19-12(11-5-3-9-20-11)16-17-13(19)22-14-15-6-10-21-14/h3,5-6,9-10H,4,7-8H2,1-2H3. The molecule has 0 aliphatic carbocycles. The van der Waals surface area contributed by atoms with Gasteiger partial charge in [-0.1, -0.05) is 6.07 Å². The summed E-state index contributed by atoms with van der Waals surface area (Å²) in [5, 5.41) is 13.7. The molecule has 3 rings (SSSR count). The fourth-order valence-corrected chi connectivity index (χ4v) is 4.34. The highest BCUT2D eigenvalue weighted by molar-refractivity contribution is 8.00. The van der Waals surface area contributed by atoms with Crippen molar-refractivity contribution in [1.29, 1.82) is 0 Å². The molecule has 0 aromatic carbocycles. The van der Waals surface area contributed by atoms with Crippen molar-refractivity contribution in [3.63, 3.8) is 0 Å². The highest BCUT2D eigenvalue weighted by Crippen LogP contribution is 2.32. The Hall–Kier alpha value is -1.22. The van der Waals surface area contributed by atoms with E-state index in [-0.39, 0.29) is 0 Å². The van der Waals surface area contributed by atoms with Crippen LogP contribution in [-0.4, -0.2) is 45.3 Å². The number of rotatable bonds is 7. The average molecular weight is 352 g/mol. The van der Waals surface area contributed by atoms with Gasteiger partial charge < -0.3 is 9.47 Å². The minimum absolute atomic E-state index is 0.909. The lowest BCUT2D eigenvalue weighted by Crippen LogP contribution is -2.15. The van der Waals surface area contributed by atoms with Crippen LogP contribution in [0.25, 0.3) is 10.7 Å². The largest absolute Gasteiger partial charge is 0.309 e. The van der Waals surface area contributed by atoms with Crippen molar-refractivity contribution in [2.45, 2.75) is 22.5 Å². The molecule has 0 amide bonds. The van der Waals surface area contributed by atoms with Crippen molar-refractivity contribution in [3.8, 4) is 10.7 Å². The molecular formula is C14H17N5S3. The fourth-order valence-electron chi connectivity index (χ4n) is 2.04. The van der Waals surface area contributed by atoms with Crippen LogP contribution in [0.4, 0.5) is 0 Å². The summed E-state index contributed by atoms with van der Waals surface area (Å²) in [7, 11) is 4.19. The summed E-state index contributed by atoms with van der Waals surface area (Å²) in [6.45, 7) is 1.95. The summed E-state index contributed by atoms with van der Waals surface area (Å²) in [6, 6.07) is 4.14. The molecule has 5 nitrogen and oxygen atoms in total. The SMILES string of the molecule is CN(C)CCCn1c(Sc2nccs2)nnc1-c1cccs1. The maximum Gasteiger partial charge on any atom is 0.198 e. The van der Waals surface area contributed by atoms with Gasteiger partial charge in [-0.25, -0.2) is 4.98 Å². The second-order valence-electron chi connectivity index (χ2n) is 4.99. The minimum Gasteiger partial charge on any atom is -0.309 e. The summed E-state index contributed by atoms with van der Waals surface area (Å²) in [5.41, 5.74) is 0. The Morgan fingerprint density at radius 2 is 2.14 bits per heavy atom. The summed E-state index contributed by atoms with van der Waals surface area (Å²) in [4.78, 5) is 7.68. The van der Waals surface area contributed by atoms with Gasteiger partial charge in [-0.15, -0.1) is 32.9 Å². The molecule has 0 bridgehead atoms. The second-order valence-corrected chi connectivity index (χ2v) is 8.05. The van der Waals surface area contributed by atoms with Gasteiger partial charge in [0.2, 0.25) is 0 Å². The molecule has 0 aliphatic rings. The van der Waals surface area contributed by atoms with Gasteiger partial charge in [0.05, 0.1) is 4.88 Å². The van der Waals surface area contributed by atoms with E-state index >= 15 is 0 Å². The molecule has 0 saturated carbocycles. The first-order chi connectivity index (χ1) is 10.7. The van der Waals surface area contributed by atoms with Crippen molar-refractivity contribution in [2.24, 2.45) is 0 Å². The van der Waals surface area contributed by atoms with Gasteiger partial charge in [0.15, 0.2) is 15.3 Å². The zero-order chi connectivity index (χ0) is 15.4. The van der Waals surface area contributed by atoms with Crippen molar-refractivity contribution in [1.82, 2.24) is 24.6 Å². The zero-order valence-corrected chi connectivity index (χ0v) is 14.9. The predicted octanol–water partition coefficient (Wildman–Crippen LogP) is 3.57. The van der Waals surface area contributed by atoms with E-state index in [1.807, 2.05) is 17.6 Å². The second kappa shape index (κ2) is 7.36. The number of hydrogen-bond acceptors (Lipinski definition) is 7. The molecule has 0 spiro atoms. The third-order valence-electron chi connectivity index (χ3n) is 3.03. The van der Waals surface area contributed by atoms with Gasteiger partial charge in [-0.3, -0.25) is 0 Å². The number of hydrogen-bond donors (Lipinski definition) is 0. The molecule has 0 saturated heterocycles. The number of thiophene rings is 1. The maximum absolute atomic E-state index is 4.40. The number of thiazole rings is 1. The van der Waals surface area contributed by atoms with E-state index < -0.39 is 0 Å². The smallest absolute Gasteiger partial charge is 0.198 e. The lowest BCUT2D eigenvalue weighted by molar-refractivity contribution is 0.383. The topological polar surface area (TPSA) is 46.8 Å². The van der Waals surface area contributed by atoms with Crippen LogP contribution in [-0.2, 0) is 6.54 Å². The Kier molecular flexibility index (Phi) is 5.24. The lowest BCUT2D eigenvalue weighted by atomic mass is 10.4. The highest BCUT2D eigenvalue weighted by Gasteiger charge is 2.16. The molecule has 8 heteroatoms. The van der Waals surface area contributed by atoms with Gasteiger partial charge in [-0.05, 0) is 50.3 Å². The monoisotopic (exact) mass is 351 g/mol. The van der Waals surface area contributed by atoms with Crippen LogP contribution >= 0.6 is 34.4 Å². The first-order valence-electron chi connectivity index (χ1n) is 6.93. The summed E-state index contributed by atoms with van der Waals surface area (Å²) < 4.78 is 3.21. The van der Waals surface area contributed by atoms with E-state index in [0.717, 1.165) is 39.7 Å². The molecule has 0 N–H and O–H groups in total. The van der Waals surface area contributed by atoms with Crippen molar-refractivity contribution in [3.05, 3.63) is 29.1 Å². The zero-order valence-electron chi connectivity index (χ0n) is 12.5. The van der Waals surface area contributed by atoms with Gasteiger partial charge in [0.1, 0.15) is 0 Å². The van der Waals surface area contributed by atoms with Gasteiger partial charge in [-0.2, -0.15) is 0 Å². The first-order valence-corrected chi connectivity index (χ1v) is 9.51. The Bertz CT molecular complexity index is 688. The summed E-state index contributed by atoms with van der Waals surface area (Å²) >= 11 is 4.91. The van der Waals surface area contributed by atoms with E-state index in [4.69, 9.17) is 0 Å². The molecular weight excluding hydrogens is 334 g/mol. The molecule has 116 valence electrons. The van der Waals surface area contributed by atoms with Crippen LogP contribution in [0.3, 0.4) is 0 Å². The number of aromatic nitrogens is 4. The Morgan fingerprint density at radius 3 is 2.82 bits per heavy atom. The normalized spacial score (nSPS) is 11.4. The third-order valence-corrected chi connectivity index (χ3v) is 5.77. The molecule has 0 radical (unpaired) electrons. The van der Waals surface area contributed by atoms with E-state index in [2.05, 4.69) is 50.2 Å². The molecule has 3 aromatic heterocycles. The summed E-state index contributed by atoms with van der Waals surface area (Å²) in [5.74, 6) is 0.952. The Morgan fingerprint density at radius 1 is 1.23 bits per heavy atom. The quantitative estimate of drug-likeness (QED) is 0.651. The van der Waals surface area contributed by atoms with Crippen molar-refractivity contribution >= 4 is 34.4 Å². The molecule has 0 atom stereocenters. The van der Waals surface area contributed by atoms with E-state index in [1.54, 1.807) is 34.4 Å². The van der Waals surface area contributed by atoms with Crippen molar-refractivity contribution in [2.75, 3.05) is 20.6 Å². The van der Waals surface area contributed by atoms with Crippen LogP contribution in [0.1, 0.15) is 6.42 Å². The Balaban J connectivity index is 1.85. The third kappa shape index (κ3) is 3.75. The van der Waals surface area contributed by atoms with E-state index in [9.17, 15) is 0 Å². The molecule has 0 aliphatic heterocycles. The van der Waals surface area contributed by atoms with Gasteiger partial charge >= 0.3 is 0 Å². The van der Waals surface area contributed by atoms with Crippen LogP contribution in [0.15, 0.2) is 38.6 Å². The predicted molar refractivity (Wildman–Crippen MR) is 92.7 cm³/mol. The minimum atomic E-state index is 0.909. The van der Waals surface area contributed by atoms with Crippen LogP contribution < -0.4 is 0 Å². The highest BCUT2D eigenvalue weighted by atomic mass is 32.2. The molecule has 0 unspecified atom stereocenters. The average Bonchev–Trinajstić information content (AvgIpc) is 3.21. The molecule has 0 fully saturated rings. The van der Waals surface area contributed by atoms with Crippen LogP contribution in [0.2, 0.25) is 0 Å². The van der Waals surface area contributed by atoms with E-state index in [1.165, 1.54) is 0 Å².